The van der Waals surface area contributed by atoms with Gasteiger partial charge in [0.1, 0.15) is 0 Å². The minimum absolute atomic E-state index is 0.00419. The fourth-order valence-corrected chi connectivity index (χ4v) is 3.02. The monoisotopic (exact) mass is 250 g/mol. The molecule has 3 nitrogen and oxygen atoms in total. The lowest BCUT2D eigenvalue weighted by atomic mass is 10.1. The van der Waals surface area contributed by atoms with Gasteiger partial charge in [-0.15, -0.1) is 0 Å². The maximum Gasteiger partial charge on any atom is 0.251 e. The highest BCUT2D eigenvalue weighted by Gasteiger charge is 2.14. The van der Waals surface area contributed by atoms with Crippen LogP contribution in [0.5, 0.6) is 0 Å². The SMILES string of the molecule is CCNC(=O)c1ccc(NC2CCSC2)cc1. The Labute approximate surface area is 106 Å². The Morgan fingerprint density at radius 3 is 2.76 bits per heavy atom. The van der Waals surface area contributed by atoms with Crippen molar-refractivity contribution in [2.45, 2.75) is 19.4 Å². The van der Waals surface area contributed by atoms with Gasteiger partial charge in [0.05, 0.1) is 0 Å². The molecular weight excluding hydrogens is 232 g/mol. The molecule has 92 valence electrons. The summed E-state index contributed by atoms with van der Waals surface area (Å²) in [5, 5.41) is 6.28. The second kappa shape index (κ2) is 5.96. The van der Waals surface area contributed by atoms with Crippen LogP contribution in [0.1, 0.15) is 23.7 Å². The molecule has 1 aromatic rings. The van der Waals surface area contributed by atoms with E-state index in [2.05, 4.69) is 10.6 Å². The molecule has 1 unspecified atom stereocenters. The van der Waals surface area contributed by atoms with Gasteiger partial charge in [-0.3, -0.25) is 4.79 Å². The normalized spacial score (nSPS) is 19.0. The van der Waals surface area contributed by atoms with Gasteiger partial charge in [-0.05, 0) is 43.4 Å². The molecule has 0 bridgehead atoms. The van der Waals surface area contributed by atoms with E-state index in [1.165, 1.54) is 17.9 Å². The van der Waals surface area contributed by atoms with Crippen LogP contribution in [-0.4, -0.2) is 30.0 Å². The average Bonchev–Trinajstić information content (AvgIpc) is 2.83. The van der Waals surface area contributed by atoms with E-state index in [1.54, 1.807) is 0 Å². The quantitative estimate of drug-likeness (QED) is 0.862. The largest absolute Gasteiger partial charge is 0.381 e. The molecule has 0 aromatic heterocycles. The fourth-order valence-electron chi connectivity index (χ4n) is 1.86. The zero-order valence-corrected chi connectivity index (χ0v) is 10.8. The van der Waals surface area contributed by atoms with Crippen LogP contribution in [0.2, 0.25) is 0 Å². The Kier molecular flexibility index (Phi) is 4.31. The Morgan fingerprint density at radius 1 is 1.41 bits per heavy atom. The summed E-state index contributed by atoms with van der Waals surface area (Å²) in [5.41, 5.74) is 1.82. The molecular formula is C13H18N2OS. The van der Waals surface area contributed by atoms with E-state index in [9.17, 15) is 4.79 Å². The maximum absolute atomic E-state index is 11.6. The summed E-state index contributed by atoms with van der Waals surface area (Å²) in [5.74, 6) is 2.42. The van der Waals surface area contributed by atoms with Crippen LogP contribution in [0.25, 0.3) is 0 Å². The van der Waals surface area contributed by atoms with Crippen molar-refractivity contribution in [3.05, 3.63) is 29.8 Å². The summed E-state index contributed by atoms with van der Waals surface area (Å²) >= 11 is 1.99. The molecule has 1 aromatic carbocycles. The number of hydrogen-bond donors (Lipinski definition) is 2. The molecule has 2 rings (SSSR count). The van der Waals surface area contributed by atoms with Gasteiger partial charge in [0.2, 0.25) is 0 Å². The third-order valence-corrected chi connectivity index (χ3v) is 3.95. The van der Waals surface area contributed by atoms with Crippen molar-refractivity contribution in [2.75, 3.05) is 23.4 Å². The van der Waals surface area contributed by atoms with Crippen molar-refractivity contribution >= 4 is 23.4 Å². The first-order valence-electron chi connectivity index (χ1n) is 6.02. The van der Waals surface area contributed by atoms with E-state index in [0.717, 1.165) is 11.3 Å². The molecule has 1 atom stereocenters. The van der Waals surface area contributed by atoms with Crippen molar-refractivity contribution in [2.24, 2.45) is 0 Å². The molecule has 1 aliphatic rings. The lowest BCUT2D eigenvalue weighted by molar-refractivity contribution is 0.0956. The smallest absolute Gasteiger partial charge is 0.251 e. The van der Waals surface area contributed by atoms with Gasteiger partial charge < -0.3 is 10.6 Å². The van der Waals surface area contributed by atoms with Gasteiger partial charge in [0.25, 0.3) is 5.91 Å². The van der Waals surface area contributed by atoms with E-state index < -0.39 is 0 Å². The number of carbonyl (C=O) groups excluding carboxylic acids is 1. The second-order valence-electron chi connectivity index (χ2n) is 4.14. The van der Waals surface area contributed by atoms with E-state index in [-0.39, 0.29) is 5.91 Å². The van der Waals surface area contributed by atoms with E-state index in [0.29, 0.717) is 12.6 Å². The van der Waals surface area contributed by atoms with Crippen LogP contribution in [0.3, 0.4) is 0 Å². The summed E-state index contributed by atoms with van der Waals surface area (Å²) in [6.07, 6.45) is 1.22. The minimum atomic E-state index is -0.00419. The van der Waals surface area contributed by atoms with Crippen LogP contribution in [-0.2, 0) is 0 Å². The first-order chi connectivity index (χ1) is 8.29. The van der Waals surface area contributed by atoms with Gasteiger partial charge in [-0.2, -0.15) is 11.8 Å². The highest BCUT2D eigenvalue weighted by atomic mass is 32.2. The Hall–Kier alpha value is -1.16. The van der Waals surface area contributed by atoms with Crippen molar-refractivity contribution in [1.82, 2.24) is 5.32 Å². The second-order valence-corrected chi connectivity index (χ2v) is 5.29. The van der Waals surface area contributed by atoms with Crippen molar-refractivity contribution in [3.8, 4) is 0 Å². The van der Waals surface area contributed by atoms with Crippen LogP contribution >= 0.6 is 11.8 Å². The Morgan fingerprint density at radius 2 is 2.18 bits per heavy atom. The van der Waals surface area contributed by atoms with Crippen LogP contribution in [0.15, 0.2) is 24.3 Å². The topological polar surface area (TPSA) is 41.1 Å². The van der Waals surface area contributed by atoms with Crippen LogP contribution in [0.4, 0.5) is 5.69 Å². The molecule has 1 aliphatic heterocycles. The standard InChI is InChI=1S/C13H18N2OS/c1-2-14-13(16)10-3-5-11(6-4-10)15-12-7-8-17-9-12/h3-6,12,15H,2,7-9H2,1H3,(H,14,16). The first kappa shape index (κ1) is 12.3. The molecule has 0 radical (unpaired) electrons. The van der Waals surface area contributed by atoms with E-state index >= 15 is 0 Å². The highest BCUT2D eigenvalue weighted by Crippen LogP contribution is 2.21. The number of hydrogen-bond acceptors (Lipinski definition) is 3. The summed E-state index contributed by atoms with van der Waals surface area (Å²) in [7, 11) is 0. The van der Waals surface area contributed by atoms with Crippen LogP contribution in [0, 0.1) is 0 Å². The third kappa shape index (κ3) is 3.40. The fraction of sp³-hybridized carbons (Fsp3) is 0.462. The average molecular weight is 250 g/mol. The number of thioether (sulfide) groups is 1. The molecule has 1 fully saturated rings. The predicted octanol–water partition coefficient (Wildman–Crippen LogP) is 2.35. The number of anilines is 1. The molecule has 4 heteroatoms. The number of carbonyl (C=O) groups is 1. The molecule has 17 heavy (non-hydrogen) atoms. The molecule has 0 saturated carbocycles. The Bertz CT molecular complexity index is 372. The third-order valence-electron chi connectivity index (χ3n) is 2.78. The zero-order valence-electron chi connectivity index (χ0n) is 10.0. The van der Waals surface area contributed by atoms with Crippen LogP contribution < -0.4 is 10.6 Å². The zero-order chi connectivity index (χ0) is 12.1. The molecule has 1 saturated heterocycles. The predicted molar refractivity (Wildman–Crippen MR) is 73.8 cm³/mol. The lowest BCUT2D eigenvalue weighted by Gasteiger charge is -2.13. The first-order valence-corrected chi connectivity index (χ1v) is 7.17. The molecule has 0 spiro atoms. The number of amides is 1. The van der Waals surface area contributed by atoms with E-state index in [1.807, 2.05) is 43.0 Å². The Balaban J connectivity index is 1.94. The van der Waals surface area contributed by atoms with E-state index in [4.69, 9.17) is 0 Å². The van der Waals surface area contributed by atoms with Crippen molar-refractivity contribution in [3.63, 3.8) is 0 Å². The summed E-state index contributed by atoms with van der Waals surface area (Å²) in [4.78, 5) is 11.6. The summed E-state index contributed by atoms with van der Waals surface area (Å²) in [6, 6.07) is 8.28. The van der Waals surface area contributed by atoms with Crippen molar-refractivity contribution < 1.29 is 4.79 Å². The number of benzene rings is 1. The van der Waals surface area contributed by atoms with Crippen molar-refractivity contribution in [1.29, 1.82) is 0 Å². The lowest BCUT2D eigenvalue weighted by Crippen LogP contribution is -2.22. The molecule has 1 heterocycles. The molecule has 2 N–H and O–H groups in total. The summed E-state index contributed by atoms with van der Waals surface area (Å²) < 4.78 is 0. The molecule has 1 amide bonds. The number of nitrogens with one attached hydrogen (secondary N) is 2. The van der Waals surface area contributed by atoms with Gasteiger partial charge in [-0.1, -0.05) is 0 Å². The maximum atomic E-state index is 11.6. The van der Waals surface area contributed by atoms with Gasteiger partial charge in [0, 0.05) is 29.6 Å². The summed E-state index contributed by atoms with van der Waals surface area (Å²) in [6.45, 7) is 2.59. The van der Waals surface area contributed by atoms with Gasteiger partial charge in [0.15, 0.2) is 0 Å². The van der Waals surface area contributed by atoms with Gasteiger partial charge in [-0.25, -0.2) is 0 Å². The van der Waals surface area contributed by atoms with Gasteiger partial charge >= 0.3 is 0 Å². The minimum Gasteiger partial charge on any atom is -0.381 e. The molecule has 0 aliphatic carbocycles. The highest BCUT2D eigenvalue weighted by molar-refractivity contribution is 7.99. The number of rotatable bonds is 4.